The Hall–Kier alpha value is -1.76. The number of ether oxygens (including phenoxy) is 1. The SMILES string of the molecule is CSc1ncccc1C(=O)O[C@H](C)C(=O)Nc1cc(Cl)ccc1Cl. The highest BCUT2D eigenvalue weighted by Crippen LogP contribution is 2.25. The summed E-state index contributed by atoms with van der Waals surface area (Å²) >= 11 is 13.2. The maximum absolute atomic E-state index is 12.2. The molecule has 0 aliphatic rings. The molecule has 1 aromatic carbocycles. The van der Waals surface area contributed by atoms with E-state index < -0.39 is 18.0 Å². The van der Waals surface area contributed by atoms with Gasteiger partial charge in [-0.15, -0.1) is 11.8 Å². The van der Waals surface area contributed by atoms with Gasteiger partial charge in [0.1, 0.15) is 5.03 Å². The Bertz CT molecular complexity index is 771. The van der Waals surface area contributed by atoms with Crippen LogP contribution in [0.1, 0.15) is 17.3 Å². The van der Waals surface area contributed by atoms with Crippen LogP contribution in [0, 0.1) is 0 Å². The lowest BCUT2D eigenvalue weighted by Gasteiger charge is -2.15. The normalized spacial score (nSPS) is 11.7. The lowest BCUT2D eigenvalue weighted by Crippen LogP contribution is -2.30. The number of rotatable bonds is 5. The van der Waals surface area contributed by atoms with E-state index in [4.69, 9.17) is 27.9 Å². The molecule has 0 saturated heterocycles. The van der Waals surface area contributed by atoms with E-state index in [0.717, 1.165) is 0 Å². The fourth-order valence-corrected chi connectivity index (χ4v) is 2.69. The van der Waals surface area contributed by atoms with Gasteiger partial charge >= 0.3 is 5.97 Å². The highest BCUT2D eigenvalue weighted by atomic mass is 35.5. The Morgan fingerprint density at radius 3 is 2.75 bits per heavy atom. The van der Waals surface area contributed by atoms with Gasteiger partial charge in [0.05, 0.1) is 16.3 Å². The number of halogens is 2. The molecule has 0 aliphatic carbocycles. The first kappa shape index (κ1) is 18.6. The number of amides is 1. The third-order valence-electron chi connectivity index (χ3n) is 3.02. The van der Waals surface area contributed by atoms with Crippen LogP contribution in [-0.4, -0.2) is 29.2 Å². The van der Waals surface area contributed by atoms with Crippen LogP contribution in [0.15, 0.2) is 41.6 Å². The van der Waals surface area contributed by atoms with Gasteiger partial charge in [0, 0.05) is 11.2 Å². The lowest BCUT2D eigenvalue weighted by atomic mass is 10.2. The zero-order valence-electron chi connectivity index (χ0n) is 12.9. The number of hydrogen-bond acceptors (Lipinski definition) is 5. The first-order chi connectivity index (χ1) is 11.4. The molecule has 0 bridgehead atoms. The van der Waals surface area contributed by atoms with Gasteiger partial charge in [-0.2, -0.15) is 0 Å². The average Bonchev–Trinajstić information content (AvgIpc) is 2.57. The predicted molar refractivity (Wildman–Crippen MR) is 96.0 cm³/mol. The van der Waals surface area contributed by atoms with Crippen molar-refractivity contribution in [2.75, 3.05) is 11.6 Å². The van der Waals surface area contributed by atoms with E-state index in [1.54, 1.807) is 36.7 Å². The van der Waals surface area contributed by atoms with Crippen molar-refractivity contribution in [1.82, 2.24) is 4.98 Å². The summed E-state index contributed by atoms with van der Waals surface area (Å²) in [4.78, 5) is 28.5. The number of carbonyl (C=O) groups is 2. The molecule has 2 rings (SSSR count). The maximum atomic E-state index is 12.2. The number of aromatic nitrogens is 1. The molecular weight excluding hydrogens is 371 g/mol. The molecule has 1 atom stereocenters. The summed E-state index contributed by atoms with van der Waals surface area (Å²) in [5.41, 5.74) is 0.661. The van der Waals surface area contributed by atoms with Crippen molar-refractivity contribution in [3.63, 3.8) is 0 Å². The van der Waals surface area contributed by atoms with Crippen LogP contribution >= 0.6 is 35.0 Å². The highest BCUT2D eigenvalue weighted by molar-refractivity contribution is 7.98. The summed E-state index contributed by atoms with van der Waals surface area (Å²) in [5.74, 6) is -1.13. The molecule has 5 nitrogen and oxygen atoms in total. The van der Waals surface area contributed by atoms with Crippen molar-refractivity contribution in [3.05, 3.63) is 52.1 Å². The monoisotopic (exact) mass is 384 g/mol. The summed E-state index contributed by atoms with van der Waals surface area (Å²) in [6, 6.07) is 7.92. The smallest absolute Gasteiger partial charge is 0.341 e. The second-order valence-corrected chi connectivity index (χ2v) is 6.36. The van der Waals surface area contributed by atoms with E-state index in [2.05, 4.69) is 10.3 Å². The zero-order chi connectivity index (χ0) is 17.7. The van der Waals surface area contributed by atoms with Gasteiger partial charge in [-0.25, -0.2) is 9.78 Å². The average molecular weight is 385 g/mol. The topological polar surface area (TPSA) is 68.3 Å². The van der Waals surface area contributed by atoms with Crippen molar-refractivity contribution in [3.8, 4) is 0 Å². The summed E-state index contributed by atoms with van der Waals surface area (Å²) < 4.78 is 5.20. The second kappa shape index (κ2) is 8.37. The van der Waals surface area contributed by atoms with Crippen LogP contribution in [0.5, 0.6) is 0 Å². The lowest BCUT2D eigenvalue weighted by molar-refractivity contribution is -0.123. The number of nitrogens with one attached hydrogen (secondary N) is 1. The number of esters is 1. The number of carbonyl (C=O) groups excluding carboxylic acids is 2. The molecule has 2 aromatic rings. The number of thioether (sulfide) groups is 1. The number of nitrogens with zero attached hydrogens (tertiary/aromatic N) is 1. The maximum Gasteiger partial charge on any atom is 0.341 e. The van der Waals surface area contributed by atoms with E-state index in [0.29, 0.717) is 26.3 Å². The Morgan fingerprint density at radius 1 is 1.29 bits per heavy atom. The largest absolute Gasteiger partial charge is 0.449 e. The molecule has 0 aliphatic heterocycles. The van der Waals surface area contributed by atoms with Crippen LogP contribution in [-0.2, 0) is 9.53 Å². The van der Waals surface area contributed by atoms with Gasteiger partial charge in [-0.3, -0.25) is 4.79 Å². The van der Waals surface area contributed by atoms with Gasteiger partial charge in [-0.1, -0.05) is 23.2 Å². The van der Waals surface area contributed by atoms with Crippen molar-refractivity contribution >= 4 is 52.5 Å². The molecular formula is C16H14Cl2N2O3S. The molecule has 0 unspecified atom stereocenters. The first-order valence-corrected chi connectivity index (χ1v) is 8.86. The highest BCUT2D eigenvalue weighted by Gasteiger charge is 2.21. The van der Waals surface area contributed by atoms with Gasteiger partial charge in [0.25, 0.3) is 5.91 Å². The van der Waals surface area contributed by atoms with Gasteiger partial charge in [-0.05, 0) is 43.5 Å². The molecule has 1 N–H and O–H groups in total. The summed E-state index contributed by atoms with van der Waals surface area (Å²) in [7, 11) is 0. The molecule has 0 fully saturated rings. The molecule has 1 heterocycles. The van der Waals surface area contributed by atoms with E-state index in [1.807, 2.05) is 0 Å². The molecule has 0 spiro atoms. The number of hydrogen-bond donors (Lipinski definition) is 1. The molecule has 1 amide bonds. The minimum atomic E-state index is -1.01. The molecule has 126 valence electrons. The first-order valence-electron chi connectivity index (χ1n) is 6.88. The van der Waals surface area contributed by atoms with Gasteiger partial charge < -0.3 is 10.1 Å². The van der Waals surface area contributed by atoms with Crippen LogP contribution in [0.2, 0.25) is 10.0 Å². The van der Waals surface area contributed by atoms with Crippen LogP contribution in [0.3, 0.4) is 0 Å². The Morgan fingerprint density at radius 2 is 2.04 bits per heavy atom. The van der Waals surface area contributed by atoms with E-state index in [9.17, 15) is 9.59 Å². The quantitative estimate of drug-likeness (QED) is 0.614. The summed E-state index contributed by atoms with van der Waals surface area (Å²) in [5, 5.41) is 3.88. The van der Waals surface area contributed by atoms with E-state index in [-0.39, 0.29) is 0 Å². The second-order valence-electron chi connectivity index (χ2n) is 4.72. The van der Waals surface area contributed by atoms with Gasteiger partial charge in [0.15, 0.2) is 6.10 Å². The van der Waals surface area contributed by atoms with Crippen LogP contribution in [0.25, 0.3) is 0 Å². The number of anilines is 1. The third kappa shape index (κ3) is 4.63. The Kier molecular flexibility index (Phi) is 6.48. The molecule has 0 saturated carbocycles. The van der Waals surface area contributed by atoms with Crippen molar-refractivity contribution in [2.45, 2.75) is 18.1 Å². The van der Waals surface area contributed by atoms with Crippen LogP contribution < -0.4 is 5.32 Å². The van der Waals surface area contributed by atoms with Crippen molar-refractivity contribution in [1.29, 1.82) is 0 Å². The summed E-state index contributed by atoms with van der Waals surface area (Å²) in [6.45, 7) is 1.47. The minimum absolute atomic E-state index is 0.311. The minimum Gasteiger partial charge on any atom is -0.449 e. The molecule has 24 heavy (non-hydrogen) atoms. The Labute approximate surface area is 153 Å². The standard InChI is InChI=1S/C16H14Cl2N2O3S/c1-9(14(21)20-13-8-10(17)5-6-12(13)18)23-16(22)11-4-3-7-19-15(11)24-2/h3-9H,1-2H3,(H,20,21)/t9-/m1/s1. The third-order valence-corrected chi connectivity index (χ3v) is 4.30. The van der Waals surface area contributed by atoms with Crippen molar-refractivity contribution in [2.24, 2.45) is 0 Å². The zero-order valence-corrected chi connectivity index (χ0v) is 15.2. The van der Waals surface area contributed by atoms with E-state index >= 15 is 0 Å². The van der Waals surface area contributed by atoms with Crippen molar-refractivity contribution < 1.29 is 14.3 Å². The fourth-order valence-electron chi connectivity index (χ4n) is 1.81. The van der Waals surface area contributed by atoms with E-state index in [1.165, 1.54) is 24.8 Å². The number of pyridine rings is 1. The Balaban J connectivity index is 2.06. The predicted octanol–water partition coefficient (Wildman–Crippen LogP) is 4.29. The summed E-state index contributed by atoms with van der Waals surface area (Å²) in [6.07, 6.45) is 2.37. The fraction of sp³-hybridized carbons (Fsp3) is 0.188. The molecule has 8 heteroatoms. The molecule has 0 radical (unpaired) electrons. The molecule has 1 aromatic heterocycles. The van der Waals surface area contributed by atoms with Gasteiger partial charge in [0.2, 0.25) is 0 Å². The van der Waals surface area contributed by atoms with Crippen LogP contribution in [0.4, 0.5) is 5.69 Å². The number of benzene rings is 1.